The second-order valence-corrected chi connectivity index (χ2v) is 5.88. The Kier molecular flexibility index (Phi) is 4.96. The van der Waals surface area contributed by atoms with Gasteiger partial charge in [-0.05, 0) is 27.1 Å². The number of aromatic nitrogens is 2. The molecule has 1 unspecified atom stereocenters. The maximum Gasteiger partial charge on any atom is 0.0949 e. The number of hydrogen-bond acceptors (Lipinski definition) is 4. The topological polar surface area (TPSA) is 42.3 Å². The van der Waals surface area contributed by atoms with Crippen molar-refractivity contribution >= 4 is 0 Å². The van der Waals surface area contributed by atoms with E-state index in [1.807, 2.05) is 12.5 Å². The van der Waals surface area contributed by atoms with E-state index in [9.17, 15) is 0 Å². The van der Waals surface area contributed by atoms with Crippen LogP contribution in [0.25, 0.3) is 0 Å². The highest BCUT2D eigenvalue weighted by Gasteiger charge is 2.33. The van der Waals surface area contributed by atoms with E-state index in [-0.39, 0.29) is 5.41 Å². The molecule has 2 heterocycles. The molecule has 5 nitrogen and oxygen atoms in total. The molecular weight excluding hydrogens is 240 g/mol. The molecule has 1 saturated heterocycles. The molecule has 1 atom stereocenters. The summed E-state index contributed by atoms with van der Waals surface area (Å²) < 4.78 is 7.90. The fourth-order valence-electron chi connectivity index (χ4n) is 2.55. The Bertz CT molecular complexity index is 383. The predicted molar refractivity (Wildman–Crippen MR) is 76.4 cm³/mol. The summed E-state index contributed by atoms with van der Waals surface area (Å²) in [5.41, 5.74) is 1.55. The van der Waals surface area contributed by atoms with Crippen molar-refractivity contribution in [2.75, 3.05) is 46.9 Å². The van der Waals surface area contributed by atoms with Crippen LogP contribution in [0.4, 0.5) is 0 Å². The lowest BCUT2D eigenvalue weighted by atomic mass is 9.86. The number of rotatable bonds is 7. The van der Waals surface area contributed by atoms with E-state index in [4.69, 9.17) is 4.74 Å². The molecule has 5 heteroatoms. The van der Waals surface area contributed by atoms with Gasteiger partial charge in [-0.25, -0.2) is 4.98 Å². The van der Waals surface area contributed by atoms with Crippen LogP contribution in [-0.2, 0) is 16.7 Å². The molecule has 1 aliphatic rings. The lowest BCUT2D eigenvalue weighted by molar-refractivity contribution is 0.110. The summed E-state index contributed by atoms with van der Waals surface area (Å²) in [6, 6.07) is 0. The molecule has 0 amide bonds. The first kappa shape index (κ1) is 14.5. The van der Waals surface area contributed by atoms with Crippen molar-refractivity contribution < 1.29 is 4.74 Å². The molecule has 108 valence electrons. The maximum absolute atomic E-state index is 5.66. The van der Waals surface area contributed by atoms with Crippen molar-refractivity contribution in [3.05, 3.63) is 18.2 Å². The molecule has 0 bridgehead atoms. The zero-order chi connectivity index (χ0) is 13.7. The first-order valence-electron chi connectivity index (χ1n) is 7.06. The smallest absolute Gasteiger partial charge is 0.0949 e. The van der Waals surface area contributed by atoms with Crippen molar-refractivity contribution in [3.63, 3.8) is 0 Å². The minimum absolute atomic E-state index is 0.222. The van der Waals surface area contributed by atoms with Crippen molar-refractivity contribution in [3.8, 4) is 0 Å². The standard InChI is InChI=1S/C14H26N4O/c1-14(4-5-15-11-14)13-10-16-12-18(13)7-9-19-8-6-17(2)3/h10,12,15H,4-9,11H2,1-3H3. The van der Waals surface area contributed by atoms with Gasteiger partial charge in [-0.15, -0.1) is 0 Å². The number of imidazole rings is 1. The number of likely N-dealkylation sites (N-methyl/N-ethyl adjacent to an activating group) is 1. The van der Waals surface area contributed by atoms with E-state index in [2.05, 4.69) is 40.8 Å². The van der Waals surface area contributed by atoms with Gasteiger partial charge in [0.2, 0.25) is 0 Å². The molecule has 0 aliphatic carbocycles. The average molecular weight is 266 g/mol. The number of nitrogens with one attached hydrogen (secondary N) is 1. The maximum atomic E-state index is 5.66. The third kappa shape index (κ3) is 3.78. The minimum atomic E-state index is 0.222. The van der Waals surface area contributed by atoms with Crippen LogP contribution in [0.5, 0.6) is 0 Å². The molecule has 2 rings (SSSR count). The van der Waals surface area contributed by atoms with Gasteiger partial charge >= 0.3 is 0 Å². The van der Waals surface area contributed by atoms with Crippen molar-refractivity contribution in [2.45, 2.75) is 25.3 Å². The summed E-state index contributed by atoms with van der Waals surface area (Å²) in [7, 11) is 4.12. The van der Waals surface area contributed by atoms with Gasteiger partial charge in [0.1, 0.15) is 0 Å². The molecule has 1 fully saturated rings. The highest BCUT2D eigenvalue weighted by Crippen LogP contribution is 2.29. The molecule has 1 aliphatic heterocycles. The summed E-state index contributed by atoms with van der Waals surface area (Å²) in [5, 5.41) is 3.44. The first-order chi connectivity index (χ1) is 9.12. The van der Waals surface area contributed by atoms with Crippen molar-refractivity contribution in [1.29, 1.82) is 0 Å². The normalized spacial score (nSPS) is 23.4. The van der Waals surface area contributed by atoms with E-state index >= 15 is 0 Å². The fourth-order valence-corrected chi connectivity index (χ4v) is 2.55. The molecule has 1 aromatic rings. The van der Waals surface area contributed by atoms with Crippen LogP contribution < -0.4 is 5.32 Å². The van der Waals surface area contributed by atoms with E-state index in [0.29, 0.717) is 0 Å². The molecular formula is C14H26N4O. The molecule has 19 heavy (non-hydrogen) atoms. The monoisotopic (exact) mass is 266 g/mol. The summed E-state index contributed by atoms with van der Waals surface area (Å²) in [6.07, 6.45) is 5.11. The third-order valence-corrected chi connectivity index (χ3v) is 3.86. The summed E-state index contributed by atoms with van der Waals surface area (Å²) in [5.74, 6) is 0. The fraction of sp³-hybridized carbons (Fsp3) is 0.786. The number of nitrogens with zero attached hydrogens (tertiary/aromatic N) is 3. The molecule has 0 aromatic carbocycles. The van der Waals surface area contributed by atoms with Gasteiger partial charge in [-0.2, -0.15) is 0 Å². The van der Waals surface area contributed by atoms with E-state index < -0.39 is 0 Å². The van der Waals surface area contributed by atoms with Crippen LogP contribution in [0.3, 0.4) is 0 Å². The third-order valence-electron chi connectivity index (χ3n) is 3.86. The molecule has 0 spiro atoms. The van der Waals surface area contributed by atoms with Gasteiger partial charge in [0.05, 0.1) is 19.5 Å². The van der Waals surface area contributed by atoms with Gasteiger partial charge in [0, 0.05) is 36.9 Å². The second-order valence-electron chi connectivity index (χ2n) is 5.88. The number of ether oxygens (including phenoxy) is 1. The highest BCUT2D eigenvalue weighted by atomic mass is 16.5. The van der Waals surface area contributed by atoms with Crippen LogP contribution in [0.1, 0.15) is 19.0 Å². The van der Waals surface area contributed by atoms with Crippen LogP contribution in [0.2, 0.25) is 0 Å². The second kappa shape index (κ2) is 6.50. The van der Waals surface area contributed by atoms with Crippen LogP contribution in [0, 0.1) is 0 Å². The zero-order valence-corrected chi connectivity index (χ0v) is 12.4. The van der Waals surface area contributed by atoms with Gasteiger partial charge in [-0.1, -0.05) is 6.92 Å². The predicted octanol–water partition coefficient (Wildman–Crippen LogP) is 0.712. The quantitative estimate of drug-likeness (QED) is 0.738. The Labute approximate surface area is 116 Å². The number of hydrogen-bond donors (Lipinski definition) is 1. The largest absolute Gasteiger partial charge is 0.378 e. The first-order valence-corrected chi connectivity index (χ1v) is 7.06. The van der Waals surface area contributed by atoms with Crippen LogP contribution in [-0.4, -0.2) is 61.4 Å². The Morgan fingerprint density at radius 3 is 3.00 bits per heavy atom. The summed E-state index contributed by atoms with van der Waals surface area (Å²) in [6.45, 7) is 7.85. The van der Waals surface area contributed by atoms with Gasteiger partial charge in [0.25, 0.3) is 0 Å². The Balaban J connectivity index is 1.83. The average Bonchev–Trinajstić information content (AvgIpc) is 2.98. The zero-order valence-electron chi connectivity index (χ0n) is 12.4. The van der Waals surface area contributed by atoms with Gasteiger partial charge < -0.3 is 19.5 Å². The van der Waals surface area contributed by atoms with Gasteiger partial charge in [0.15, 0.2) is 0 Å². The van der Waals surface area contributed by atoms with Gasteiger partial charge in [-0.3, -0.25) is 0 Å². The van der Waals surface area contributed by atoms with Crippen molar-refractivity contribution in [1.82, 2.24) is 19.8 Å². The Morgan fingerprint density at radius 2 is 2.32 bits per heavy atom. The lowest BCUT2D eigenvalue weighted by Gasteiger charge is -2.24. The summed E-state index contributed by atoms with van der Waals surface area (Å²) in [4.78, 5) is 6.44. The summed E-state index contributed by atoms with van der Waals surface area (Å²) >= 11 is 0. The molecule has 1 N–H and O–H groups in total. The van der Waals surface area contributed by atoms with E-state index in [1.165, 1.54) is 12.1 Å². The Morgan fingerprint density at radius 1 is 1.47 bits per heavy atom. The Hall–Kier alpha value is -0.910. The minimum Gasteiger partial charge on any atom is -0.378 e. The molecule has 0 saturated carbocycles. The highest BCUT2D eigenvalue weighted by molar-refractivity contribution is 5.17. The molecule has 1 aromatic heterocycles. The van der Waals surface area contributed by atoms with Crippen LogP contribution in [0.15, 0.2) is 12.5 Å². The molecule has 0 radical (unpaired) electrons. The lowest BCUT2D eigenvalue weighted by Crippen LogP contribution is -2.28. The van der Waals surface area contributed by atoms with Crippen LogP contribution >= 0.6 is 0 Å². The van der Waals surface area contributed by atoms with E-state index in [0.717, 1.165) is 39.4 Å². The van der Waals surface area contributed by atoms with E-state index in [1.54, 1.807) is 0 Å². The SMILES string of the molecule is CN(C)CCOCCn1cncc1C1(C)CCNC1. The van der Waals surface area contributed by atoms with Crippen molar-refractivity contribution in [2.24, 2.45) is 0 Å².